The number of amides is 1. The van der Waals surface area contributed by atoms with Crippen LogP contribution in [0.3, 0.4) is 0 Å². The molecule has 0 spiro atoms. The van der Waals surface area contributed by atoms with Crippen molar-refractivity contribution in [1.29, 1.82) is 0 Å². The number of hydrogen-bond donors (Lipinski definition) is 2. The highest BCUT2D eigenvalue weighted by atomic mass is 16.6. The van der Waals surface area contributed by atoms with E-state index in [1.165, 1.54) is 0 Å². The molecular weight excluding hydrogens is 282 g/mol. The molecule has 2 N–H and O–H groups in total. The molecule has 22 heavy (non-hydrogen) atoms. The van der Waals surface area contributed by atoms with E-state index in [1.807, 2.05) is 24.3 Å². The van der Waals surface area contributed by atoms with Crippen molar-refractivity contribution < 1.29 is 19.4 Å². The van der Waals surface area contributed by atoms with Crippen LogP contribution in [0, 0.1) is 0 Å². The summed E-state index contributed by atoms with van der Waals surface area (Å²) in [5.41, 5.74) is 1.15. The van der Waals surface area contributed by atoms with E-state index in [4.69, 9.17) is 9.84 Å². The van der Waals surface area contributed by atoms with Gasteiger partial charge in [0, 0.05) is 6.42 Å². The molecule has 0 aromatic heterocycles. The number of ether oxygens (including phenoxy) is 1. The van der Waals surface area contributed by atoms with Crippen LogP contribution in [-0.2, 0) is 22.4 Å². The molecule has 5 nitrogen and oxygen atoms in total. The van der Waals surface area contributed by atoms with Crippen LogP contribution in [0.1, 0.15) is 44.7 Å². The lowest BCUT2D eigenvalue weighted by molar-refractivity contribution is -0.137. The van der Waals surface area contributed by atoms with Crippen molar-refractivity contribution in [2.24, 2.45) is 0 Å². The monoisotopic (exact) mass is 305 g/mol. The zero-order valence-corrected chi connectivity index (χ0v) is 13.3. The van der Waals surface area contributed by atoms with Crippen LogP contribution in [0.4, 0.5) is 4.79 Å². The van der Waals surface area contributed by atoms with Gasteiger partial charge in [0.1, 0.15) is 5.60 Å². The Balaban J connectivity index is 2.14. The number of carbonyl (C=O) groups is 2. The Morgan fingerprint density at radius 1 is 1.23 bits per heavy atom. The molecule has 0 bridgehead atoms. The smallest absolute Gasteiger partial charge is 0.408 e. The lowest BCUT2D eigenvalue weighted by Crippen LogP contribution is -2.51. The average Bonchev–Trinajstić information content (AvgIpc) is 2.72. The lowest BCUT2D eigenvalue weighted by atomic mass is 9.90. The molecule has 0 radical (unpaired) electrons. The number of benzene rings is 1. The van der Waals surface area contributed by atoms with Crippen LogP contribution in [-0.4, -0.2) is 28.3 Å². The van der Waals surface area contributed by atoms with Crippen LogP contribution in [0.5, 0.6) is 0 Å². The van der Waals surface area contributed by atoms with Gasteiger partial charge in [0.05, 0.1) is 5.54 Å². The van der Waals surface area contributed by atoms with E-state index in [2.05, 4.69) is 5.32 Å². The fourth-order valence-electron chi connectivity index (χ4n) is 2.89. The SMILES string of the molecule is CC(C)(C)OC(=O)NC1(CCC(=O)O)Cc2ccccc2C1. The number of alkyl carbamates (subject to hydrolysis) is 1. The minimum atomic E-state index is -0.860. The van der Waals surface area contributed by atoms with Crippen molar-refractivity contribution >= 4 is 12.1 Å². The van der Waals surface area contributed by atoms with E-state index in [-0.39, 0.29) is 6.42 Å². The van der Waals surface area contributed by atoms with Gasteiger partial charge >= 0.3 is 12.1 Å². The Hall–Kier alpha value is -2.04. The second-order valence-electron chi connectivity index (χ2n) is 6.92. The molecule has 1 aromatic rings. The molecular formula is C17H23NO4. The van der Waals surface area contributed by atoms with E-state index >= 15 is 0 Å². The number of carbonyl (C=O) groups excluding carboxylic acids is 1. The molecule has 1 aliphatic carbocycles. The van der Waals surface area contributed by atoms with Gasteiger partial charge in [-0.05, 0) is 51.2 Å². The molecule has 0 aliphatic heterocycles. The summed E-state index contributed by atoms with van der Waals surface area (Å²) in [5, 5.41) is 11.9. The predicted octanol–water partition coefficient (Wildman–Crippen LogP) is 2.91. The van der Waals surface area contributed by atoms with E-state index in [1.54, 1.807) is 20.8 Å². The molecule has 0 fully saturated rings. The van der Waals surface area contributed by atoms with Gasteiger partial charge in [-0.2, -0.15) is 0 Å². The predicted molar refractivity (Wildman–Crippen MR) is 82.8 cm³/mol. The third-order valence-electron chi connectivity index (χ3n) is 3.76. The molecule has 0 saturated heterocycles. The molecule has 1 amide bonds. The number of carboxylic acids is 1. The standard InChI is InChI=1S/C17H23NO4/c1-16(2,3)22-15(21)18-17(9-8-14(19)20)10-12-6-4-5-7-13(12)11-17/h4-7H,8-11H2,1-3H3,(H,18,21)(H,19,20). The molecule has 0 saturated carbocycles. The number of aliphatic carboxylic acids is 1. The molecule has 1 aliphatic rings. The summed E-state index contributed by atoms with van der Waals surface area (Å²) in [5.74, 6) is -0.860. The maximum absolute atomic E-state index is 12.1. The Morgan fingerprint density at radius 3 is 2.23 bits per heavy atom. The van der Waals surface area contributed by atoms with Crippen molar-refractivity contribution in [3.05, 3.63) is 35.4 Å². The van der Waals surface area contributed by atoms with Gasteiger partial charge in [0.2, 0.25) is 0 Å². The fourth-order valence-corrected chi connectivity index (χ4v) is 2.89. The third-order valence-corrected chi connectivity index (χ3v) is 3.76. The van der Waals surface area contributed by atoms with E-state index in [0.29, 0.717) is 19.3 Å². The van der Waals surface area contributed by atoms with Gasteiger partial charge in [-0.15, -0.1) is 0 Å². The van der Waals surface area contributed by atoms with E-state index in [9.17, 15) is 9.59 Å². The normalized spacial score (nSPS) is 16.0. The van der Waals surface area contributed by atoms with E-state index in [0.717, 1.165) is 11.1 Å². The molecule has 5 heteroatoms. The van der Waals surface area contributed by atoms with Crippen LogP contribution >= 0.6 is 0 Å². The molecule has 2 rings (SSSR count). The summed E-state index contributed by atoms with van der Waals surface area (Å²) in [7, 11) is 0. The van der Waals surface area contributed by atoms with Crippen LogP contribution in [0.2, 0.25) is 0 Å². The Kier molecular flexibility index (Phi) is 4.44. The highest BCUT2D eigenvalue weighted by molar-refractivity contribution is 5.70. The first-order chi connectivity index (χ1) is 10.2. The summed E-state index contributed by atoms with van der Waals surface area (Å²) >= 11 is 0. The van der Waals surface area contributed by atoms with Gasteiger partial charge in [-0.1, -0.05) is 24.3 Å². The average molecular weight is 305 g/mol. The quantitative estimate of drug-likeness (QED) is 0.897. The molecule has 0 atom stereocenters. The fraction of sp³-hybridized carbons (Fsp3) is 0.529. The minimum absolute atomic E-state index is 0.0176. The zero-order valence-electron chi connectivity index (χ0n) is 13.3. The summed E-state index contributed by atoms with van der Waals surface area (Å²) < 4.78 is 5.33. The largest absolute Gasteiger partial charge is 0.481 e. The van der Waals surface area contributed by atoms with Crippen LogP contribution in [0.25, 0.3) is 0 Å². The molecule has 0 unspecified atom stereocenters. The summed E-state index contributed by atoms with van der Waals surface area (Å²) in [6.07, 6.45) is 1.18. The number of carboxylic acid groups (broad SMARTS) is 1. The first-order valence-electron chi connectivity index (χ1n) is 7.49. The van der Waals surface area contributed by atoms with Crippen molar-refractivity contribution in [1.82, 2.24) is 5.32 Å². The minimum Gasteiger partial charge on any atom is -0.481 e. The number of rotatable bonds is 4. The van der Waals surface area contributed by atoms with Gasteiger partial charge < -0.3 is 15.2 Å². The number of nitrogens with one attached hydrogen (secondary N) is 1. The van der Waals surface area contributed by atoms with Crippen molar-refractivity contribution in [3.63, 3.8) is 0 Å². The van der Waals surface area contributed by atoms with Crippen molar-refractivity contribution in [2.75, 3.05) is 0 Å². The summed E-state index contributed by atoms with van der Waals surface area (Å²) in [6.45, 7) is 5.42. The topological polar surface area (TPSA) is 75.6 Å². The first kappa shape index (κ1) is 16.3. The Morgan fingerprint density at radius 2 is 1.77 bits per heavy atom. The highest BCUT2D eigenvalue weighted by Crippen LogP contribution is 2.33. The first-order valence-corrected chi connectivity index (χ1v) is 7.49. The highest BCUT2D eigenvalue weighted by Gasteiger charge is 2.39. The third kappa shape index (κ3) is 4.23. The van der Waals surface area contributed by atoms with Crippen LogP contribution < -0.4 is 5.32 Å². The number of hydrogen-bond acceptors (Lipinski definition) is 3. The Bertz CT molecular complexity index is 549. The van der Waals surface area contributed by atoms with Crippen molar-refractivity contribution in [3.8, 4) is 0 Å². The van der Waals surface area contributed by atoms with Gasteiger partial charge in [0.25, 0.3) is 0 Å². The zero-order chi connectivity index (χ0) is 16.4. The summed E-state index contributed by atoms with van der Waals surface area (Å²) in [4.78, 5) is 23.1. The molecule has 120 valence electrons. The van der Waals surface area contributed by atoms with Gasteiger partial charge in [-0.25, -0.2) is 4.79 Å². The van der Waals surface area contributed by atoms with Crippen molar-refractivity contribution in [2.45, 2.75) is 57.6 Å². The Labute approximate surface area is 130 Å². The second kappa shape index (κ2) is 5.99. The van der Waals surface area contributed by atoms with Crippen LogP contribution in [0.15, 0.2) is 24.3 Å². The lowest BCUT2D eigenvalue weighted by Gasteiger charge is -2.31. The summed E-state index contributed by atoms with van der Waals surface area (Å²) in [6, 6.07) is 7.96. The van der Waals surface area contributed by atoms with Gasteiger partial charge in [0.15, 0.2) is 0 Å². The maximum Gasteiger partial charge on any atom is 0.408 e. The second-order valence-corrected chi connectivity index (χ2v) is 6.92. The number of fused-ring (bicyclic) bond motifs is 1. The van der Waals surface area contributed by atoms with Gasteiger partial charge in [-0.3, -0.25) is 4.79 Å². The van der Waals surface area contributed by atoms with E-state index < -0.39 is 23.2 Å². The maximum atomic E-state index is 12.1. The molecule has 0 heterocycles. The molecule has 1 aromatic carbocycles.